The number of hydrogen-bond donors (Lipinski definition) is 2. The van der Waals surface area contributed by atoms with Gasteiger partial charge in [0.2, 0.25) is 0 Å². The van der Waals surface area contributed by atoms with Crippen molar-refractivity contribution in [1.82, 2.24) is 0 Å². The van der Waals surface area contributed by atoms with Gasteiger partial charge in [-0.3, -0.25) is 0 Å². The normalized spacial score (nSPS) is 20.9. The molecule has 0 saturated carbocycles. The Balaban J connectivity index is 1.89. The monoisotopic (exact) mass is 408 g/mol. The van der Waals surface area contributed by atoms with Crippen LogP contribution in [-0.4, -0.2) is 12.1 Å². The van der Waals surface area contributed by atoms with Crippen molar-refractivity contribution >= 4 is 37.5 Å². The Hall–Kier alpha value is -0.840. The molecule has 0 bridgehead atoms. The van der Waals surface area contributed by atoms with Gasteiger partial charge >= 0.3 is 0 Å². The summed E-state index contributed by atoms with van der Waals surface area (Å²) in [7, 11) is 0. The van der Waals surface area contributed by atoms with Gasteiger partial charge in [0, 0.05) is 21.2 Å². The maximum Gasteiger partial charge on any atom is 0.0539 e. The highest BCUT2D eigenvalue weighted by molar-refractivity contribution is 9.10. The predicted octanol–water partition coefficient (Wildman–Crippen LogP) is 4.51. The lowest BCUT2D eigenvalue weighted by atomic mass is 9.77. The predicted molar refractivity (Wildman–Crippen MR) is 95.7 cm³/mol. The van der Waals surface area contributed by atoms with Gasteiger partial charge in [-0.2, -0.15) is 0 Å². The van der Waals surface area contributed by atoms with Crippen molar-refractivity contribution in [2.75, 3.05) is 11.9 Å². The van der Waals surface area contributed by atoms with Crippen LogP contribution >= 0.6 is 31.9 Å². The maximum absolute atomic E-state index is 6.14. The van der Waals surface area contributed by atoms with Gasteiger partial charge < -0.3 is 11.1 Å². The van der Waals surface area contributed by atoms with Crippen LogP contribution in [-0.2, 0) is 12.8 Å². The molecule has 0 amide bonds. The average molecular weight is 410 g/mol. The highest BCUT2D eigenvalue weighted by atomic mass is 79.9. The summed E-state index contributed by atoms with van der Waals surface area (Å²) in [5.41, 5.74) is 10.0. The van der Waals surface area contributed by atoms with Crippen LogP contribution in [0.2, 0.25) is 0 Å². The number of nitrogens with two attached hydrogens (primary N) is 1. The van der Waals surface area contributed by atoms with E-state index in [9.17, 15) is 0 Å². The van der Waals surface area contributed by atoms with E-state index in [1.165, 1.54) is 11.1 Å². The van der Waals surface area contributed by atoms with Crippen molar-refractivity contribution in [1.29, 1.82) is 0 Å². The number of rotatable bonds is 3. The van der Waals surface area contributed by atoms with E-state index in [2.05, 4.69) is 67.5 Å². The number of aryl methyl sites for hydroxylation is 1. The lowest BCUT2D eigenvalue weighted by Gasteiger charge is -2.39. The highest BCUT2D eigenvalue weighted by Gasteiger charge is 2.33. The molecule has 0 spiro atoms. The van der Waals surface area contributed by atoms with E-state index in [1.54, 1.807) is 0 Å². The van der Waals surface area contributed by atoms with Crippen LogP contribution in [0.5, 0.6) is 0 Å². The lowest BCUT2D eigenvalue weighted by molar-refractivity contribution is 0.416. The minimum atomic E-state index is -0.0648. The molecule has 21 heavy (non-hydrogen) atoms. The van der Waals surface area contributed by atoms with Crippen molar-refractivity contribution < 1.29 is 0 Å². The molecule has 0 heterocycles. The third-order valence-corrected chi connectivity index (χ3v) is 5.42. The van der Waals surface area contributed by atoms with Crippen LogP contribution in [0.3, 0.4) is 0 Å². The number of benzene rings is 2. The molecule has 0 radical (unpaired) electrons. The Bertz CT molecular complexity index is 657. The van der Waals surface area contributed by atoms with Crippen LogP contribution in [0.4, 0.5) is 5.69 Å². The van der Waals surface area contributed by atoms with E-state index in [1.807, 2.05) is 12.1 Å². The minimum Gasteiger partial charge on any atom is -0.377 e. The van der Waals surface area contributed by atoms with Crippen LogP contribution in [0.25, 0.3) is 0 Å². The Morgan fingerprint density at radius 1 is 1.10 bits per heavy atom. The van der Waals surface area contributed by atoms with E-state index in [0.717, 1.165) is 33.9 Å². The van der Waals surface area contributed by atoms with E-state index in [-0.39, 0.29) is 5.54 Å². The van der Waals surface area contributed by atoms with E-state index < -0.39 is 0 Å². The van der Waals surface area contributed by atoms with Gasteiger partial charge in [-0.1, -0.05) is 34.1 Å². The number of para-hydroxylation sites is 1. The summed E-state index contributed by atoms with van der Waals surface area (Å²) in [6.07, 6.45) is 3.07. The summed E-state index contributed by atoms with van der Waals surface area (Å²) in [6.45, 7) is 0.629. The summed E-state index contributed by atoms with van der Waals surface area (Å²) in [6, 6.07) is 14.8. The molecular weight excluding hydrogens is 392 g/mol. The average Bonchev–Trinajstić information content (AvgIpc) is 2.50. The number of fused-ring (bicyclic) bond motifs is 1. The third kappa shape index (κ3) is 3.17. The molecule has 3 N–H and O–H groups in total. The summed E-state index contributed by atoms with van der Waals surface area (Å²) >= 11 is 7.16. The minimum absolute atomic E-state index is 0.0648. The fourth-order valence-corrected chi connectivity index (χ4v) is 3.80. The van der Waals surface area contributed by atoms with Crippen LogP contribution < -0.4 is 11.1 Å². The molecule has 2 aromatic carbocycles. The second-order valence-corrected chi connectivity index (χ2v) is 7.45. The van der Waals surface area contributed by atoms with Gasteiger partial charge in [-0.05, 0) is 70.6 Å². The third-order valence-electron chi connectivity index (χ3n) is 4.23. The van der Waals surface area contributed by atoms with Gasteiger partial charge in [-0.15, -0.1) is 0 Å². The molecule has 1 aliphatic rings. The molecule has 110 valence electrons. The van der Waals surface area contributed by atoms with Gasteiger partial charge in [0.1, 0.15) is 0 Å². The summed E-state index contributed by atoms with van der Waals surface area (Å²) < 4.78 is 2.24. The number of anilines is 1. The van der Waals surface area contributed by atoms with E-state index in [4.69, 9.17) is 5.73 Å². The number of hydrogen-bond acceptors (Lipinski definition) is 2. The molecule has 2 nitrogen and oxygen atoms in total. The van der Waals surface area contributed by atoms with Crippen LogP contribution in [0.1, 0.15) is 17.5 Å². The van der Waals surface area contributed by atoms with Gasteiger partial charge in [0.05, 0.1) is 5.54 Å². The first-order chi connectivity index (χ1) is 10.1. The number of nitrogens with one attached hydrogen (secondary N) is 1. The quantitative estimate of drug-likeness (QED) is 0.782. The van der Waals surface area contributed by atoms with Crippen molar-refractivity contribution in [3.05, 3.63) is 62.5 Å². The molecule has 0 fully saturated rings. The van der Waals surface area contributed by atoms with E-state index >= 15 is 0 Å². The molecule has 0 saturated heterocycles. The Morgan fingerprint density at radius 2 is 1.90 bits per heavy atom. The topological polar surface area (TPSA) is 38.0 Å². The molecule has 1 unspecified atom stereocenters. The molecule has 4 heteroatoms. The van der Waals surface area contributed by atoms with E-state index in [0.29, 0.717) is 6.54 Å². The van der Waals surface area contributed by atoms with Crippen molar-refractivity contribution in [2.24, 2.45) is 5.73 Å². The fourth-order valence-electron chi connectivity index (χ4n) is 3.01. The first kappa shape index (κ1) is 15.1. The summed E-state index contributed by atoms with van der Waals surface area (Å²) in [5.74, 6) is 0. The number of halogens is 2. The Kier molecular flexibility index (Phi) is 4.38. The van der Waals surface area contributed by atoms with Crippen molar-refractivity contribution in [3.8, 4) is 0 Å². The summed E-state index contributed by atoms with van der Waals surface area (Å²) in [4.78, 5) is 0. The molecule has 3 rings (SSSR count). The second-order valence-electron chi connectivity index (χ2n) is 5.68. The van der Waals surface area contributed by atoms with Gasteiger partial charge in [0.25, 0.3) is 0 Å². The van der Waals surface area contributed by atoms with Crippen molar-refractivity contribution in [3.63, 3.8) is 0 Å². The molecule has 0 aromatic heterocycles. The molecule has 1 aliphatic carbocycles. The molecule has 2 aromatic rings. The Labute approximate surface area is 142 Å². The van der Waals surface area contributed by atoms with Gasteiger partial charge in [0.15, 0.2) is 0 Å². The van der Waals surface area contributed by atoms with Crippen molar-refractivity contribution in [2.45, 2.75) is 24.8 Å². The zero-order chi connectivity index (χ0) is 14.9. The molecule has 0 aliphatic heterocycles. The summed E-state index contributed by atoms with van der Waals surface area (Å²) in [5, 5.41) is 3.68. The highest BCUT2D eigenvalue weighted by Crippen LogP contribution is 2.34. The fraction of sp³-hybridized carbons (Fsp3) is 0.294. The Morgan fingerprint density at radius 3 is 2.67 bits per heavy atom. The second kappa shape index (κ2) is 6.11. The molecule has 1 atom stereocenters. The zero-order valence-corrected chi connectivity index (χ0v) is 14.9. The first-order valence-corrected chi connectivity index (χ1v) is 8.71. The van der Waals surface area contributed by atoms with Crippen LogP contribution in [0, 0.1) is 0 Å². The first-order valence-electron chi connectivity index (χ1n) is 7.12. The lowest BCUT2D eigenvalue weighted by Crippen LogP contribution is -2.49. The van der Waals surface area contributed by atoms with Crippen LogP contribution in [0.15, 0.2) is 51.4 Å². The smallest absolute Gasteiger partial charge is 0.0539 e. The van der Waals surface area contributed by atoms with Gasteiger partial charge in [-0.25, -0.2) is 0 Å². The molecular formula is C17H18Br2N2. The maximum atomic E-state index is 6.14. The standard InChI is InChI=1S/C17H18Br2N2/c18-14-6-5-13-10-17(11-20,8-7-12(13)9-14)21-16-4-2-1-3-15(16)19/h1-6,9,21H,7-8,10-11,20H2. The SMILES string of the molecule is NCC1(Nc2ccccc2Br)CCc2cc(Br)ccc2C1. The zero-order valence-electron chi connectivity index (χ0n) is 11.7. The largest absolute Gasteiger partial charge is 0.377 e.